The first-order chi connectivity index (χ1) is 23.3. The Kier molecular flexibility index (Phi) is 9.56. The van der Waals surface area contributed by atoms with Crippen molar-refractivity contribution < 1.29 is 33.8 Å². The Morgan fingerprint density at radius 2 is 0.896 bits per heavy atom. The normalized spacial score (nSPS) is 10.7. The number of nitrogens with one attached hydrogen (secondary N) is 2. The molecular formula is C38H28N2O7S. The van der Waals surface area contributed by atoms with Crippen molar-refractivity contribution >= 4 is 34.7 Å². The molecule has 0 heterocycles. The summed E-state index contributed by atoms with van der Waals surface area (Å²) in [5, 5.41) is 25.2. The lowest BCUT2D eigenvalue weighted by Gasteiger charge is -2.19. The summed E-state index contributed by atoms with van der Waals surface area (Å²) in [6.07, 6.45) is -1.40. The predicted molar refractivity (Wildman–Crippen MR) is 184 cm³/mol. The van der Waals surface area contributed by atoms with Crippen LogP contribution in [0.15, 0.2) is 155 Å². The third-order valence-electron chi connectivity index (χ3n) is 7.12. The number of carbonyl (C=O) groups is 2. The Morgan fingerprint density at radius 1 is 0.521 bits per heavy atom. The molecule has 6 rings (SSSR count). The van der Waals surface area contributed by atoms with Gasteiger partial charge in [-0.1, -0.05) is 60.7 Å². The van der Waals surface area contributed by atoms with Crippen LogP contribution in [0, 0.1) is 0 Å². The fourth-order valence-electron chi connectivity index (χ4n) is 4.86. The number of benzene rings is 6. The zero-order valence-electron chi connectivity index (χ0n) is 25.2. The predicted octanol–water partition coefficient (Wildman–Crippen LogP) is 8.82. The number of carbonyl (C=O) groups excluding carboxylic acids is 2. The van der Waals surface area contributed by atoms with E-state index < -0.39 is 23.4 Å². The first kappa shape index (κ1) is 31.7. The summed E-state index contributed by atoms with van der Waals surface area (Å²) in [5.74, 6) is 0.522. The van der Waals surface area contributed by atoms with Gasteiger partial charge >= 0.3 is 12.2 Å². The average Bonchev–Trinajstić information content (AvgIpc) is 3.09. The lowest BCUT2D eigenvalue weighted by atomic mass is 10.0. The van der Waals surface area contributed by atoms with Gasteiger partial charge in [-0.3, -0.25) is 10.6 Å². The van der Waals surface area contributed by atoms with Crippen LogP contribution in [0.5, 0.6) is 23.0 Å². The smallest absolute Gasteiger partial charge is 0.417 e. The maximum atomic E-state index is 14.5. The van der Waals surface area contributed by atoms with Crippen LogP contribution in [-0.2, 0) is 11.2 Å². The van der Waals surface area contributed by atoms with Crippen molar-refractivity contribution in [3.8, 4) is 45.3 Å². The first-order valence-electron chi connectivity index (χ1n) is 14.7. The van der Waals surface area contributed by atoms with E-state index in [9.17, 15) is 24.4 Å². The number of hydrogen-bond donors (Lipinski definition) is 4. The van der Waals surface area contributed by atoms with Crippen LogP contribution in [-0.4, -0.2) is 27.0 Å². The van der Waals surface area contributed by atoms with E-state index in [0.29, 0.717) is 43.4 Å². The third-order valence-corrected chi connectivity index (χ3v) is 8.63. The van der Waals surface area contributed by atoms with E-state index in [1.807, 2.05) is 12.1 Å². The highest BCUT2D eigenvalue weighted by molar-refractivity contribution is 7.91. The molecule has 0 unspecified atom stereocenters. The number of aromatic hydroxyl groups is 2. The molecule has 4 N–H and O–H groups in total. The molecule has 0 aliphatic rings. The Morgan fingerprint density at radius 3 is 1.27 bits per heavy atom. The maximum absolute atomic E-state index is 14.5. The van der Waals surface area contributed by atoms with Gasteiger partial charge in [0.25, 0.3) is 0 Å². The summed E-state index contributed by atoms with van der Waals surface area (Å²) in [5.41, 5.74) is 3.36. The molecule has 0 fully saturated rings. The quantitative estimate of drug-likeness (QED) is 0.120. The van der Waals surface area contributed by atoms with E-state index >= 15 is 0 Å². The van der Waals surface area contributed by atoms with E-state index in [1.54, 1.807) is 109 Å². The minimum atomic E-state index is -1.82. The minimum Gasteiger partial charge on any atom is -0.606 e. The summed E-state index contributed by atoms with van der Waals surface area (Å²) in [6, 6.07) is 40.0. The largest absolute Gasteiger partial charge is 0.606 e. The molecule has 10 heteroatoms. The lowest BCUT2D eigenvalue weighted by molar-refractivity contribution is 0.214. The van der Waals surface area contributed by atoms with Crippen molar-refractivity contribution in [1.29, 1.82) is 0 Å². The van der Waals surface area contributed by atoms with Gasteiger partial charge in [0.1, 0.15) is 23.0 Å². The Balaban J connectivity index is 1.35. The zero-order valence-corrected chi connectivity index (χ0v) is 26.0. The van der Waals surface area contributed by atoms with Crippen molar-refractivity contribution in [3.63, 3.8) is 0 Å². The van der Waals surface area contributed by atoms with Crippen molar-refractivity contribution in [1.82, 2.24) is 0 Å². The van der Waals surface area contributed by atoms with Crippen LogP contribution >= 0.6 is 0 Å². The second kappa shape index (κ2) is 14.5. The highest BCUT2D eigenvalue weighted by Crippen LogP contribution is 2.40. The molecule has 0 bridgehead atoms. The first-order valence-corrected chi connectivity index (χ1v) is 15.8. The van der Waals surface area contributed by atoms with Crippen LogP contribution in [0.25, 0.3) is 22.3 Å². The summed E-state index contributed by atoms with van der Waals surface area (Å²) in [4.78, 5) is 26.1. The number of rotatable bonds is 8. The van der Waals surface area contributed by atoms with Gasteiger partial charge in [-0.2, -0.15) is 0 Å². The molecule has 0 aromatic heterocycles. The highest BCUT2D eigenvalue weighted by atomic mass is 32.2. The lowest BCUT2D eigenvalue weighted by Crippen LogP contribution is -2.17. The molecule has 6 aromatic carbocycles. The van der Waals surface area contributed by atoms with Crippen molar-refractivity contribution in [2.75, 3.05) is 10.6 Å². The van der Waals surface area contributed by atoms with Crippen molar-refractivity contribution in [2.24, 2.45) is 0 Å². The van der Waals surface area contributed by atoms with E-state index in [4.69, 9.17) is 9.47 Å². The molecule has 0 aliphatic heterocycles. The number of phenols is 2. The van der Waals surface area contributed by atoms with E-state index in [1.165, 1.54) is 24.3 Å². The van der Waals surface area contributed by atoms with Gasteiger partial charge in [0.2, 0.25) is 0 Å². The molecule has 0 atom stereocenters. The maximum Gasteiger partial charge on any atom is 0.417 e. The number of amides is 2. The minimum absolute atomic E-state index is 0.0533. The fourth-order valence-corrected chi connectivity index (χ4v) is 6.24. The Labute approximate surface area is 279 Å². The molecule has 0 saturated carbocycles. The van der Waals surface area contributed by atoms with Gasteiger partial charge in [0, 0.05) is 33.7 Å². The molecular weight excluding hydrogens is 628 g/mol. The second-order valence-electron chi connectivity index (χ2n) is 10.4. The Hall–Kier alpha value is -6.23. The monoisotopic (exact) mass is 656 g/mol. The molecule has 2 amide bonds. The van der Waals surface area contributed by atoms with Crippen molar-refractivity contribution in [3.05, 3.63) is 146 Å². The number of para-hydroxylation sites is 2. The van der Waals surface area contributed by atoms with Gasteiger partial charge in [0.05, 0.1) is 0 Å². The average molecular weight is 657 g/mol. The van der Waals surface area contributed by atoms with Gasteiger partial charge < -0.3 is 24.2 Å². The van der Waals surface area contributed by atoms with Crippen LogP contribution in [0.3, 0.4) is 0 Å². The molecule has 6 aromatic rings. The van der Waals surface area contributed by atoms with E-state index in [0.717, 1.165) is 0 Å². The standard InChI is InChI=1S/C38H28N2O7S/c41-29-15-11-25(12-16-29)33-23-31(46-37(43)39-27-7-3-1-4-8-27)19-21-35(33)48(45)36-22-20-32(24-34(36)26-13-17-30(42)18-14-26)47-38(44)40-28-9-5-2-6-10-28/h1-24,41-42H,(H,39,43)(H,40,44). The van der Waals surface area contributed by atoms with Crippen LogP contribution in [0.2, 0.25) is 0 Å². The topological polar surface area (TPSA) is 140 Å². The third kappa shape index (κ3) is 7.76. The molecule has 0 radical (unpaired) electrons. The van der Waals surface area contributed by atoms with E-state index in [-0.39, 0.29) is 23.0 Å². The second-order valence-corrected chi connectivity index (χ2v) is 11.9. The molecule has 0 saturated heterocycles. The van der Waals surface area contributed by atoms with Crippen molar-refractivity contribution in [2.45, 2.75) is 9.79 Å². The summed E-state index contributed by atoms with van der Waals surface area (Å²) >= 11 is -1.82. The van der Waals surface area contributed by atoms with E-state index in [2.05, 4.69) is 10.6 Å². The van der Waals surface area contributed by atoms with Crippen LogP contribution in [0.1, 0.15) is 0 Å². The number of hydrogen-bond acceptors (Lipinski definition) is 7. The molecule has 9 nitrogen and oxygen atoms in total. The molecule has 48 heavy (non-hydrogen) atoms. The number of anilines is 2. The molecule has 0 spiro atoms. The summed E-state index contributed by atoms with van der Waals surface area (Å²) < 4.78 is 25.6. The van der Waals surface area contributed by atoms with Gasteiger partial charge in [-0.25, -0.2) is 9.59 Å². The number of ether oxygens (including phenoxy) is 2. The molecule has 0 aliphatic carbocycles. The summed E-state index contributed by atoms with van der Waals surface area (Å²) in [6.45, 7) is 0. The van der Waals surface area contributed by atoms with Gasteiger partial charge in [0.15, 0.2) is 9.79 Å². The zero-order chi connectivity index (χ0) is 33.5. The van der Waals surface area contributed by atoms with Gasteiger partial charge in [-0.05, 0) is 96.1 Å². The number of phenolic OH excluding ortho intramolecular Hbond substituents is 2. The molecule has 238 valence electrons. The summed E-state index contributed by atoms with van der Waals surface area (Å²) in [7, 11) is 0. The fraction of sp³-hybridized carbons (Fsp3) is 0. The SMILES string of the molecule is O=C(Nc1ccccc1)Oc1ccc([S+]([O-])c2ccc(OC(=O)Nc3ccccc3)cc2-c2ccc(O)cc2)c(-c2ccc(O)cc2)c1. The van der Waals surface area contributed by atoms with Gasteiger partial charge in [-0.15, -0.1) is 0 Å². The van der Waals surface area contributed by atoms with Crippen LogP contribution in [0.4, 0.5) is 21.0 Å². The Bertz CT molecular complexity index is 1890. The highest BCUT2D eigenvalue weighted by Gasteiger charge is 2.26. The van der Waals surface area contributed by atoms with Crippen LogP contribution < -0.4 is 20.1 Å².